The molecule has 6 heteroatoms. The van der Waals surface area contributed by atoms with Gasteiger partial charge in [-0.05, 0) is 43.2 Å². The van der Waals surface area contributed by atoms with E-state index in [1.165, 1.54) is 21.3 Å². The van der Waals surface area contributed by atoms with Crippen molar-refractivity contribution < 1.29 is 23.7 Å². The molecule has 0 aliphatic heterocycles. The molecule has 0 heterocycles. The highest BCUT2D eigenvalue weighted by molar-refractivity contribution is 6.13. The standard InChI is InChI=1S/C22H27NO5/c1-6-15(10-14-8-9-18(23)19(11-14)28-7-2)21(24)17-12-16(25-3)13-20(26-4)22(17)27-5/h8-13H,6-7,23H2,1-5H3. The van der Waals surface area contributed by atoms with Gasteiger partial charge in [0, 0.05) is 11.6 Å². The molecule has 150 valence electrons. The van der Waals surface area contributed by atoms with Crippen molar-refractivity contribution in [2.75, 3.05) is 33.7 Å². The van der Waals surface area contributed by atoms with Gasteiger partial charge in [-0.3, -0.25) is 4.79 Å². The van der Waals surface area contributed by atoms with Gasteiger partial charge in [-0.25, -0.2) is 0 Å². The topological polar surface area (TPSA) is 80.0 Å². The fourth-order valence-electron chi connectivity index (χ4n) is 2.85. The molecule has 0 atom stereocenters. The lowest BCUT2D eigenvalue weighted by molar-refractivity contribution is 0.102. The summed E-state index contributed by atoms with van der Waals surface area (Å²) in [5.41, 5.74) is 8.32. The van der Waals surface area contributed by atoms with Crippen molar-refractivity contribution >= 4 is 17.5 Å². The number of nitrogens with two attached hydrogens (primary N) is 1. The Hall–Kier alpha value is -3.15. The molecule has 0 amide bonds. The number of carbonyl (C=O) groups excluding carboxylic acids is 1. The zero-order valence-corrected chi connectivity index (χ0v) is 17.0. The summed E-state index contributed by atoms with van der Waals surface area (Å²) in [5, 5.41) is 0. The van der Waals surface area contributed by atoms with Crippen molar-refractivity contribution in [3.63, 3.8) is 0 Å². The molecule has 0 spiro atoms. The Bertz CT molecular complexity index is 873. The molecule has 0 bridgehead atoms. The van der Waals surface area contributed by atoms with Crippen LogP contribution in [0, 0.1) is 0 Å². The number of ketones is 1. The summed E-state index contributed by atoms with van der Waals surface area (Å²) >= 11 is 0. The Morgan fingerprint density at radius 1 is 1.00 bits per heavy atom. The highest BCUT2D eigenvalue weighted by Crippen LogP contribution is 2.37. The minimum atomic E-state index is -0.161. The van der Waals surface area contributed by atoms with E-state index in [9.17, 15) is 4.79 Å². The SMILES string of the molecule is CCOc1cc(C=C(CC)C(=O)c2cc(OC)cc(OC)c2OC)ccc1N. The highest BCUT2D eigenvalue weighted by atomic mass is 16.5. The van der Waals surface area contributed by atoms with Crippen LogP contribution in [0.25, 0.3) is 6.08 Å². The molecule has 0 unspecified atom stereocenters. The third-order valence-electron chi connectivity index (χ3n) is 4.28. The quantitative estimate of drug-likeness (QED) is 0.392. The Kier molecular flexibility index (Phi) is 7.32. The number of Topliss-reactive ketones (excluding diaryl/α,β-unsaturated/α-hetero) is 1. The summed E-state index contributed by atoms with van der Waals surface area (Å²) in [4.78, 5) is 13.3. The van der Waals surface area contributed by atoms with Gasteiger partial charge < -0.3 is 24.7 Å². The van der Waals surface area contributed by atoms with Crippen LogP contribution in [0.5, 0.6) is 23.0 Å². The fourth-order valence-corrected chi connectivity index (χ4v) is 2.85. The highest BCUT2D eigenvalue weighted by Gasteiger charge is 2.21. The molecule has 0 saturated carbocycles. The molecule has 0 saturated heterocycles. The van der Waals surface area contributed by atoms with Gasteiger partial charge in [0.2, 0.25) is 0 Å². The van der Waals surface area contributed by atoms with Crippen molar-refractivity contribution in [2.45, 2.75) is 20.3 Å². The Labute approximate surface area is 165 Å². The molecule has 6 nitrogen and oxygen atoms in total. The molecule has 28 heavy (non-hydrogen) atoms. The number of anilines is 1. The predicted molar refractivity (Wildman–Crippen MR) is 111 cm³/mol. The zero-order valence-electron chi connectivity index (χ0n) is 17.0. The van der Waals surface area contributed by atoms with Crippen molar-refractivity contribution in [3.05, 3.63) is 47.0 Å². The van der Waals surface area contributed by atoms with Gasteiger partial charge in [0.1, 0.15) is 11.5 Å². The number of benzene rings is 2. The maximum atomic E-state index is 13.3. The third-order valence-corrected chi connectivity index (χ3v) is 4.28. The number of rotatable bonds is 9. The molecule has 2 rings (SSSR count). The molecular formula is C22H27NO5. The van der Waals surface area contributed by atoms with E-state index < -0.39 is 0 Å². The van der Waals surface area contributed by atoms with Crippen LogP contribution in [0.2, 0.25) is 0 Å². The minimum absolute atomic E-state index is 0.161. The maximum absolute atomic E-state index is 13.3. The first-order chi connectivity index (χ1) is 13.5. The van der Waals surface area contributed by atoms with Gasteiger partial charge in [-0.15, -0.1) is 0 Å². The Morgan fingerprint density at radius 2 is 1.75 bits per heavy atom. The van der Waals surface area contributed by atoms with Gasteiger partial charge >= 0.3 is 0 Å². The first kappa shape index (κ1) is 21.2. The van der Waals surface area contributed by atoms with Crippen LogP contribution >= 0.6 is 0 Å². The van der Waals surface area contributed by atoms with Crippen molar-refractivity contribution in [1.82, 2.24) is 0 Å². The van der Waals surface area contributed by atoms with Gasteiger partial charge in [-0.1, -0.05) is 13.0 Å². The lowest BCUT2D eigenvalue weighted by atomic mass is 9.97. The van der Waals surface area contributed by atoms with Crippen LogP contribution in [0.15, 0.2) is 35.9 Å². The smallest absolute Gasteiger partial charge is 0.193 e. The molecule has 2 N–H and O–H groups in total. The number of methoxy groups -OCH3 is 3. The first-order valence-electron chi connectivity index (χ1n) is 9.06. The second-order valence-corrected chi connectivity index (χ2v) is 5.99. The summed E-state index contributed by atoms with van der Waals surface area (Å²) in [6, 6.07) is 8.78. The summed E-state index contributed by atoms with van der Waals surface area (Å²) in [6.45, 7) is 4.33. The van der Waals surface area contributed by atoms with Crippen LogP contribution in [-0.2, 0) is 0 Å². The number of allylic oxidation sites excluding steroid dienone is 1. The predicted octanol–water partition coefficient (Wildman–Crippen LogP) is 4.37. The van der Waals surface area contributed by atoms with Gasteiger partial charge in [0.25, 0.3) is 0 Å². The van der Waals surface area contributed by atoms with Gasteiger partial charge in [-0.2, -0.15) is 0 Å². The molecule has 0 radical (unpaired) electrons. The summed E-state index contributed by atoms with van der Waals surface area (Å²) in [7, 11) is 4.56. The molecule has 2 aromatic rings. The maximum Gasteiger partial charge on any atom is 0.193 e. The Morgan fingerprint density at radius 3 is 2.32 bits per heavy atom. The van der Waals surface area contributed by atoms with Crippen LogP contribution in [0.4, 0.5) is 5.69 Å². The fraction of sp³-hybridized carbons (Fsp3) is 0.318. The van der Waals surface area contributed by atoms with Crippen LogP contribution in [-0.4, -0.2) is 33.7 Å². The third kappa shape index (κ3) is 4.57. The lowest BCUT2D eigenvalue weighted by Gasteiger charge is -2.15. The van der Waals surface area contributed by atoms with Crippen molar-refractivity contribution in [2.24, 2.45) is 0 Å². The van der Waals surface area contributed by atoms with Gasteiger partial charge in [0.15, 0.2) is 17.3 Å². The van der Waals surface area contributed by atoms with E-state index in [1.807, 2.05) is 32.1 Å². The van der Waals surface area contributed by atoms with Crippen LogP contribution in [0.1, 0.15) is 36.2 Å². The number of ether oxygens (including phenoxy) is 4. The molecule has 2 aromatic carbocycles. The monoisotopic (exact) mass is 385 g/mol. The molecule has 0 aromatic heterocycles. The van der Waals surface area contributed by atoms with E-state index in [1.54, 1.807) is 18.2 Å². The molecule has 0 fully saturated rings. The van der Waals surface area contributed by atoms with Crippen LogP contribution in [0.3, 0.4) is 0 Å². The molecular weight excluding hydrogens is 358 g/mol. The van der Waals surface area contributed by atoms with Crippen molar-refractivity contribution in [1.29, 1.82) is 0 Å². The average Bonchev–Trinajstić information content (AvgIpc) is 2.72. The van der Waals surface area contributed by atoms with E-state index in [0.29, 0.717) is 52.8 Å². The molecule has 0 aliphatic rings. The minimum Gasteiger partial charge on any atom is -0.497 e. The zero-order chi connectivity index (χ0) is 20.7. The number of hydrogen-bond donors (Lipinski definition) is 1. The van der Waals surface area contributed by atoms with E-state index >= 15 is 0 Å². The van der Waals surface area contributed by atoms with Gasteiger partial charge in [0.05, 0.1) is 39.2 Å². The van der Waals surface area contributed by atoms with E-state index in [2.05, 4.69) is 0 Å². The Balaban J connectivity index is 2.51. The van der Waals surface area contributed by atoms with E-state index in [0.717, 1.165) is 5.56 Å². The molecule has 0 aliphatic carbocycles. The van der Waals surface area contributed by atoms with Crippen LogP contribution < -0.4 is 24.7 Å². The summed E-state index contributed by atoms with van der Waals surface area (Å²) in [6.07, 6.45) is 2.37. The average molecular weight is 385 g/mol. The van der Waals surface area contributed by atoms with Crippen molar-refractivity contribution in [3.8, 4) is 23.0 Å². The number of carbonyl (C=O) groups is 1. The summed E-state index contributed by atoms with van der Waals surface area (Å²) < 4.78 is 21.6. The summed E-state index contributed by atoms with van der Waals surface area (Å²) in [5.74, 6) is 1.76. The normalized spacial score (nSPS) is 11.1. The second kappa shape index (κ2) is 9.69. The first-order valence-corrected chi connectivity index (χ1v) is 9.06. The number of nitrogen functional groups attached to an aromatic ring is 1. The largest absolute Gasteiger partial charge is 0.497 e. The number of hydrogen-bond acceptors (Lipinski definition) is 6. The lowest BCUT2D eigenvalue weighted by Crippen LogP contribution is -2.07. The van der Waals surface area contributed by atoms with E-state index in [4.69, 9.17) is 24.7 Å². The second-order valence-electron chi connectivity index (χ2n) is 5.99. The van der Waals surface area contributed by atoms with E-state index in [-0.39, 0.29) is 5.78 Å².